The van der Waals surface area contributed by atoms with Gasteiger partial charge in [0.2, 0.25) is 5.43 Å². The van der Waals surface area contributed by atoms with Crippen molar-refractivity contribution < 1.29 is 9.53 Å². The monoisotopic (exact) mass is 244 g/mol. The Labute approximate surface area is 97.8 Å². The first-order chi connectivity index (χ1) is 7.58. The van der Waals surface area contributed by atoms with Crippen LogP contribution in [-0.4, -0.2) is 17.1 Å². The average molecular weight is 245 g/mol. The van der Waals surface area contributed by atoms with E-state index in [2.05, 4.69) is 0 Å². The molecule has 0 radical (unpaired) electrons. The molecule has 0 fully saturated rings. The number of aryl methyl sites for hydroxylation is 1. The molecule has 0 atom stereocenters. The van der Waals surface area contributed by atoms with Crippen molar-refractivity contribution >= 4 is 17.5 Å². The molecule has 0 aliphatic carbocycles. The van der Waals surface area contributed by atoms with Gasteiger partial charge in [0.05, 0.1) is 12.1 Å². The number of halogens is 1. The van der Waals surface area contributed by atoms with Gasteiger partial charge in [-0.15, -0.1) is 11.6 Å². The predicted molar refractivity (Wildman–Crippen MR) is 60.6 cm³/mol. The summed E-state index contributed by atoms with van der Waals surface area (Å²) in [7, 11) is 0. The summed E-state index contributed by atoms with van der Waals surface area (Å²) < 4.78 is 6.77. The van der Waals surface area contributed by atoms with Crippen LogP contribution in [0.4, 0.5) is 0 Å². The molecule has 0 aliphatic heterocycles. The van der Waals surface area contributed by atoms with Crippen LogP contribution in [0.15, 0.2) is 17.1 Å². The number of primary amides is 1. The Kier molecular flexibility index (Phi) is 4.37. The number of nitrogens with two attached hydrogens (primary N) is 1. The number of carbonyl (C=O) groups excluding carboxylic acids is 1. The minimum absolute atomic E-state index is 0.106. The van der Waals surface area contributed by atoms with Crippen LogP contribution in [0.2, 0.25) is 0 Å². The highest BCUT2D eigenvalue weighted by molar-refractivity contribution is 6.16. The highest BCUT2D eigenvalue weighted by Crippen LogP contribution is 2.08. The molecule has 0 saturated carbocycles. The van der Waals surface area contributed by atoms with Crippen LogP contribution in [0.1, 0.15) is 12.6 Å². The second kappa shape index (κ2) is 5.55. The van der Waals surface area contributed by atoms with E-state index in [-0.39, 0.29) is 23.7 Å². The standard InChI is InChI=1S/C10H13ClN2O3/c1-2-13-5-9(16-6-10(12)15)8(14)3-7(13)4-11/h3,5H,2,4,6H2,1H3,(H2,12,15). The van der Waals surface area contributed by atoms with Gasteiger partial charge in [0, 0.05) is 18.3 Å². The summed E-state index contributed by atoms with van der Waals surface area (Å²) in [5.41, 5.74) is 5.33. The summed E-state index contributed by atoms with van der Waals surface area (Å²) >= 11 is 5.69. The summed E-state index contributed by atoms with van der Waals surface area (Å²) in [5, 5.41) is 0. The van der Waals surface area contributed by atoms with E-state index in [4.69, 9.17) is 22.1 Å². The fourth-order valence-electron chi connectivity index (χ4n) is 1.26. The molecule has 1 aromatic heterocycles. The zero-order valence-electron chi connectivity index (χ0n) is 8.90. The summed E-state index contributed by atoms with van der Waals surface area (Å²) in [6, 6.07) is 1.40. The number of ether oxygens (including phenoxy) is 1. The third-order valence-corrected chi connectivity index (χ3v) is 2.30. The smallest absolute Gasteiger partial charge is 0.255 e. The van der Waals surface area contributed by atoms with Crippen LogP contribution in [0.3, 0.4) is 0 Å². The maximum absolute atomic E-state index is 11.5. The Morgan fingerprint density at radius 2 is 2.31 bits per heavy atom. The normalized spacial score (nSPS) is 10.1. The second-order valence-corrected chi connectivity index (χ2v) is 3.44. The zero-order valence-corrected chi connectivity index (χ0v) is 9.66. The molecule has 88 valence electrons. The van der Waals surface area contributed by atoms with Crippen LogP contribution in [-0.2, 0) is 17.2 Å². The average Bonchev–Trinajstić information content (AvgIpc) is 2.26. The molecule has 0 aliphatic rings. The zero-order chi connectivity index (χ0) is 12.1. The molecular formula is C10H13ClN2O3. The van der Waals surface area contributed by atoms with E-state index in [1.807, 2.05) is 6.92 Å². The molecule has 5 nitrogen and oxygen atoms in total. The van der Waals surface area contributed by atoms with Gasteiger partial charge < -0.3 is 15.0 Å². The number of alkyl halides is 1. The molecule has 2 N–H and O–H groups in total. The molecule has 1 amide bonds. The van der Waals surface area contributed by atoms with Crippen molar-refractivity contribution in [1.82, 2.24) is 4.57 Å². The Bertz CT molecular complexity index is 442. The van der Waals surface area contributed by atoms with Crippen molar-refractivity contribution in [3.05, 3.63) is 28.2 Å². The lowest BCUT2D eigenvalue weighted by Crippen LogP contribution is -2.23. The van der Waals surface area contributed by atoms with Gasteiger partial charge >= 0.3 is 0 Å². The molecule has 6 heteroatoms. The number of nitrogens with zero attached hydrogens (tertiary/aromatic N) is 1. The number of carbonyl (C=O) groups is 1. The van der Waals surface area contributed by atoms with Gasteiger partial charge in [0.25, 0.3) is 5.91 Å². The summed E-state index contributed by atoms with van der Waals surface area (Å²) in [6.07, 6.45) is 1.53. The summed E-state index contributed by atoms with van der Waals surface area (Å²) in [6.45, 7) is 2.27. The molecule has 0 aromatic carbocycles. The number of hydrogen-bond donors (Lipinski definition) is 1. The van der Waals surface area contributed by atoms with Crippen LogP contribution in [0.5, 0.6) is 5.75 Å². The first-order valence-electron chi connectivity index (χ1n) is 4.79. The molecule has 0 saturated heterocycles. The van der Waals surface area contributed by atoms with Gasteiger partial charge in [0.15, 0.2) is 12.4 Å². The topological polar surface area (TPSA) is 74.3 Å². The van der Waals surface area contributed by atoms with E-state index in [1.54, 1.807) is 4.57 Å². The number of amides is 1. The Hall–Kier alpha value is -1.49. The molecular weight excluding hydrogens is 232 g/mol. The SMILES string of the molecule is CCn1cc(OCC(N)=O)c(=O)cc1CCl. The van der Waals surface area contributed by atoms with E-state index in [0.29, 0.717) is 12.2 Å². The minimum atomic E-state index is -0.621. The lowest BCUT2D eigenvalue weighted by atomic mass is 10.3. The summed E-state index contributed by atoms with van der Waals surface area (Å²) in [5.74, 6) is -0.266. The maximum atomic E-state index is 11.5. The minimum Gasteiger partial charge on any atom is -0.478 e. The Morgan fingerprint density at radius 3 is 2.81 bits per heavy atom. The van der Waals surface area contributed by atoms with Gasteiger partial charge in [-0.05, 0) is 6.92 Å². The Morgan fingerprint density at radius 1 is 1.62 bits per heavy atom. The van der Waals surface area contributed by atoms with Gasteiger partial charge in [0.1, 0.15) is 0 Å². The van der Waals surface area contributed by atoms with E-state index in [1.165, 1.54) is 12.3 Å². The van der Waals surface area contributed by atoms with Gasteiger partial charge in [-0.1, -0.05) is 0 Å². The van der Waals surface area contributed by atoms with E-state index in [9.17, 15) is 9.59 Å². The first-order valence-corrected chi connectivity index (χ1v) is 5.32. The van der Waals surface area contributed by atoms with Crippen molar-refractivity contribution in [2.24, 2.45) is 5.73 Å². The molecule has 0 spiro atoms. The fraction of sp³-hybridized carbons (Fsp3) is 0.400. The van der Waals surface area contributed by atoms with Gasteiger partial charge in [-0.2, -0.15) is 0 Å². The molecule has 1 heterocycles. The lowest BCUT2D eigenvalue weighted by Gasteiger charge is -2.11. The van der Waals surface area contributed by atoms with Crippen LogP contribution in [0.25, 0.3) is 0 Å². The number of aromatic nitrogens is 1. The second-order valence-electron chi connectivity index (χ2n) is 3.17. The number of pyridine rings is 1. The third-order valence-electron chi connectivity index (χ3n) is 2.03. The number of hydrogen-bond acceptors (Lipinski definition) is 3. The van der Waals surface area contributed by atoms with Gasteiger partial charge in [-0.25, -0.2) is 0 Å². The van der Waals surface area contributed by atoms with Crippen molar-refractivity contribution in [1.29, 1.82) is 0 Å². The quantitative estimate of drug-likeness (QED) is 0.766. The molecule has 0 bridgehead atoms. The van der Waals surface area contributed by atoms with E-state index < -0.39 is 5.91 Å². The van der Waals surface area contributed by atoms with Crippen molar-refractivity contribution in [2.75, 3.05) is 6.61 Å². The van der Waals surface area contributed by atoms with E-state index in [0.717, 1.165) is 0 Å². The fourth-order valence-corrected chi connectivity index (χ4v) is 1.49. The van der Waals surface area contributed by atoms with Crippen LogP contribution in [0, 0.1) is 0 Å². The lowest BCUT2D eigenvalue weighted by molar-refractivity contribution is -0.119. The highest BCUT2D eigenvalue weighted by atomic mass is 35.5. The third kappa shape index (κ3) is 3.00. The van der Waals surface area contributed by atoms with Crippen LogP contribution < -0.4 is 15.9 Å². The largest absolute Gasteiger partial charge is 0.478 e. The maximum Gasteiger partial charge on any atom is 0.255 e. The van der Waals surface area contributed by atoms with Crippen molar-refractivity contribution in [2.45, 2.75) is 19.3 Å². The van der Waals surface area contributed by atoms with Crippen molar-refractivity contribution in [3.8, 4) is 5.75 Å². The number of rotatable bonds is 5. The van der Waals surface area contributed by atoms with E-state index >= 15 is 0 Å². The van der Waals surface area contributed by atoms with Crippen LogP contribution >= 0.6 is 11.6 Å². The summed E-state index contributed by atoms with van der Waals surface area (Å²) in [4.78, 5) is 22.1. The highest BCUT2D eigenvalue weighted by Gasteiger charge is 2.07. The molecule has 0 unspecified atom stereocenters. The molecule has 1 rings (SSSR count). The first kappa shape index (κ1) is 12.6. The van der Waals surface area contributed by atoms with Gasteiger partial charge in [-0.3, -0.25) is 9.59 Å². The predicted octanol–water partition coefficient (Wildman–Crippen LogP) is 0.471. The molecule has 16 heavy (non-hydrogen) atoms. The molecule has 1 aromatic rings. The Balaban J connectivity index is 3.02. The van der Waals surface area contributed by atoms with Crippen molar-refractivity contribution in [3.63, 3.8) is 0 Å².